The van der Waals surface area contributed by atoms with Gasteiger partial charge in [-0.3, -0.25) is 4.57 Å². The summed E-state index contributed by atoms with van der Waals surface area (Å²) in [5.41, 5.74) is 0.598. The number of halogens is 1. The summed E-state index contributed by atoms with van der Waals surface area (Å²) in [6, 6.07) is 8.84. The monoisotopic (exact) mass is 299 g/mol. The molecule has 0 bridgehead atoms. The van der Waals surface area contributed by atoms with Crippen molar-refractivity contribution in [3.05, 3.63) is 40.2 Å². The van der Waals surface area contributed by atoms with Crippen LogP contribution in [0, 0.1) is 11.3 Å². The van der Waals surface area contributed by atoms with Crippen LogP contribution in [0.3, 0.4) is 0 Å². The van der Waals surface area contributed by atoms with Gasteiger partial charge in [-0.25, -0.2) is 0 Å². The molecule has 0 amide bonds. The number of nitriles is 1. The molecule has 0 aromatic heterocycles. The van der Waals surface area contributed by atoms with Gasteiger partial charge in [-0.15, -0.1) is 0 Å². The Morgan fingerprint density at radius 1 is 1.37 bits per heavy atom. The predicted octanol–water partition coefficient (Wildman–Crippen LogP) is 4.47. The zero-order valence-electron chi connectivity index (χ0n) is 10.8. The largest absolute Gasteiger partial charge is 0.371 e. The molecule has 4 nitrogen and oxygen atoms in total. The first-order chi connectivity index (χ1) is 9.07. The fourth-order valence-electron chi connectivity index (χ4n) is 1.43. The molecule has 0 N–H and O–H groups in total. The van der Waals surface area contributed by atoms with Crippen molar-refractivity contribution in [1.29, 1.82) is 5.26 Å². The van der Waals surface area contributed by atoms with Crippen molar-refractivity contribution < 1.29 is 13.6 Å². The summed E-state index contributed by atoms with van der Waals surface area (Å²) in [6.45, 7) is 3.77. The van der Waals surface area contributed by atoms with Crippen LogP contribution in [0.25, 0.3) is 6.08 Å². The first-order valence-corrected chi connectivity index (χ1v) is 7.75. The van der Waals surface area contributed by atoms with Crippen LogP contribution in [0.15, 0.2) is 29.6 Å². The lowest BCUT2D eigenvalue weighted by molar-refractivity contribution is 0.227. The van der Waals surface area contributed by atoms with E-state index in [2.05, 4.69) is 0 Å². The van der Waals surface area contributed by atoms with Crippen molar-refractivity contribution >= 4 is 25.3 Å². The molecular formula is C13H15ClNO3P. The molecule has 0 aliphatic carbocycles. The smallest absolute Gasteiger partial charge is 0.305 e. The highest BCUT2D eigenvalue weighted by molar-refractivity contribution is 7.59. The second kappa shape index (κ2) is 7.47. The molecule has 0 atom stereocenters. The van der Waals surface area contributed by atoms with Gasteiger partial charge in [0.25, 0.3) is 0 Å². The molecule has 0 saturated carbocycles. The lowest BCUT2D eigenvalue weighted by Gasteiger charge is -2.15. The first kappa shape index (κ1) is 15.9. The molecule has 0 unspecified atom stereocenters. The molecule has 0 fully saturated rings. The lowest BCUT2D eigenvalue weighted by atomic mass is 10.2. The van der Waals surface area contributed by atoms with Gasteiger partial charge in [0.05, 0.1) is 13.2 Å². The topological polar surface area (TPSA) is 59.3 Å². The molecule has 0 spiro atoms. The Balaban J connectivity index is 3.22. The van der Waals surface area contributed by atoms with Crippen molar-refractivity contribution in [2.75, 3.05) is 13.2 Å². The zero-order valence-corrected chi connectivity index (χ0v) is 12.4. The average molecular weight is 300 g/mol. The van der Waals surface area contributed by atoms with E-state index >= 15 is 0 Å². The van der Waals surface area contributed by atoms with E-state index in [1.165, 1.54) is 6.08 Å². The van der Waals surface area contributed by atoms with Crippen molar-refractivity contribution in [3.8, 4) is 6.07 Å². The number of nitrogens with zero attached hydrogens (tertiary/aromatic N) is 1. The Morgan fingerprint density at radius 2 is 1.95 bits per heavy atom. The van der Waals surface area contributed by atoms with E-state index in [0.717, 1.165) is 0 Å². The summed E-state index contributed by atoms with van der Waals surface area (Å²) in [7, 11) is -3.57. The van der Waals surface area contributed by atoms with Crippen LogP contribution in [-0.2, 0) is 13.6 Å². The maximum absolute atomic E-state index is 12.5. The van der Waals surface area contributed by atoms with Crippen molar-refractivity contribution in [1.82, 2.24) is 0 Å². The normalized spacial score (nSPS) is 12.2. The molecular weight excluding hydrogens is 285 g/mol. The molecule has 19 heavy (non-hydrogen) atoms. The van der Waals surface area contributed by atoms with Crippen molar-refractivity contribution in [2.24, 2.45) is 0 Å². The van der Waals surface area contributed by atoms with E-state index in [1.54, 1.807) is 38.1 Å². The fourth-order valence-corrected chi connectivity index (χ4v) is 3.07. The third-order valence-electron chi connectivity index (χ3n) is 2.21. The van der Waals surface area contributed by atoms with Gasteiger partial charge in [-0.1, -0.05) is 29.8 Å². The quantitative estimate of drug-likeness (QED) is 0.574. The minimum Gasteiger partial charge on any atom is -0.305 e. The van der Waals surface area contributed by atoms with Crippen LogP contribution in [0.5, 0.6) is 0 Å². The van der Waals surface area contributed by atoms with Crippen LogP contribution in [0.2, 0.25) is 5.02 Å². The van der Waals surface area contributed by atoms with Crippen LogP contribution in [0.4, 0.5) is 0 Å². The van der Waals surface area contributed by atoms with E-state index in [1.807, 2.05) is 6.07 Å². The molecule has 0 heterocycles. The molecule has 0 aliphatic rings. The highest BCUT2D eigenvalue weighted by atomic mass is 35.5. The van der Waals surface area contributed by atoms with Crippen LogP contribution in [0.1, 0.15) is 19.4 Å². The van der Waals surface area contributed by atoms with Gasteiger partial charge in [0.2, 0.25) is 0 Å². The highest BCUT2D eigenvalue weighted by Crippen LogP contribution is 2.56. The van der Waals surface area contributed by atoms with E-state index in [0.29, 0.717) is 10.6 Å². The Kier molecular flexibility index (Phi) is 6.27. The number of allylic oxidation sites excluding steroid dienone is 1. The Labute approximate surface area is 118 Å². The van der Waals surface area contributed by atoms with Gasteiger partial charge in [-0.05, 0) is 31.6 Å². The van der Waals surface area contributed by atoms with E-state index in [9.17, 15) is 9.83 Å². The van der Waals surface area contributed by atoms with Gasteiger partial charge >= 0.3 is 7.60 Å². The Bertz CT molecular complexity index is 541. The second-order valence-corrected chi connectivity index (χ2v) is 5.90. The minimum atomic E-state index is -3.57. The minimum absolute atomic E-state index is 0.0516. The van der Waals surface area contributed by atoms with Crippen molar-refractivity contribution in [2.45, 2.75) is 13.8 Å². The Morgan fingerprint density at radius 3 is 2.42 bits per heavy atom. The Hall–Kier alpha value is -1.11. The zero-order chi connectivity index (χ0) is 14.3. The highest BCUT2D eigenvalue weighted by Gasteiger charge is 2.29. The van der Waals surface area contributed by atoms with Crippen LogP contribution >= 0.6 is 19.2 Å². The summed E-state index contributed by atoms with van der Waals surface area (Å²) in [6.07, 6.45) is 1.44. The molecule has 6 heteroatoms. The van der Waals surface area contributed by atoms with Gasteiger partial charge in [0, 0.05) is 5.02 Å². The molecule has 1 rings (SSSR count). The van der Waals surface area contributed by atoms with Crippen molar-refractivity contribution in [3.63, 3.8) is 0 Å². The van der Waals surface area contributed by atoms with Gasteiger partial charge < -0.3 is 9.05 Å². The maximum Gasteiger partial charge on any atom is 0.371 e. The summed E-state index contributed by atoms with van der Waals surface area (Å²) in [5, 5.41) is 9.59. The van der Waals surface area contributed by atoms with E-state index < -0.39 is 7.60 Å². The maximum atomic E-state index is 12.5. The lowest BCUT2D eigenvalue weighted by Crippen LogP contribution is -1.97. The van der Waals surface area contributed by atoms with E-state index in [4.69, 9.17) is 20.6 Å². The number of rotatable bonds is 6. The third kappa shape index (κ3) is 4.19. The van der Waals surface area contributed by atoms with E-state index in [-0.39, 0.29) is 18.5 Å². The fraction of sp³-hybridized carbons (Fsp3) is 0.308. The number of hydrogen-bond donors (Lipinski definition) is 0. The summed E-state index contributed by atoms with van der Waals surface area (Å²) >= 11 is 6.00. The second-order valence-electron chi connectivity index (χ2n) is 3.50. The summed E-state index contributed by atoms with van der Waals surface area (Å²) in [5.74, 6) is 0. The summed E-state index contributed by atoms with van der Waals surface area (Å²) in [4.78, 5) is 0. The number of benzene rings is 1. The standard InChI is InChI=1S/C13H15ClNO3P/c1-3-17-19(16,18-4-2)12(10-15)9-11-7-5-6-8-13(11)14/h5-9H,3-4H2,1-2H3/b12-9+. The van der Waals surface area contributed by atoms with Gasteiger partial charge in [-0.2, -0.15) is 5.26 Å². The predicted molar refractivity (Wildman–Crippen MR) is 75.9 cm³/mol. The molecule has 0 aliphatic heterocycles. The molecule has 0 saturated heterocycles. The molecule has 1 aromatic rings. The number of hydrogen-bond acceptors (Lipinski definition) is 4. The first-order valence-electron chi connectivity index (χ1n) is 5.83. The summed E-state index contributed by atoms with van der Waals surface area (Å²) < 4.78 is 22.8. The van der Waals surface area contributed by atoms with Gasteiger partial charge in [0.15, 0.2) is 0 Å². The molecule has 102 valence electrons. The van der Waals surface area contributed by atoms with Gasteiger partial charge in [0.1, 0.15) is 11.4 Å². The van der Waals surface area contributed by atoms with Crippen LogP contribution < -0.4 is 0 Å². The third-order valence-corrected chi connectivity index (χ3v) is 4.56. The molecule has 0 radical (unpaired) electrons. The van der Waals surface area contributed by atoms with Crippen LogP contribution in [-0.4, -0.2) is 13.2 Å². The average Bonchev–Trinajstić information content (AvgIpc) is 2.38. The molecule has 1 aromatic carbocycles. The SMILES string of the molecule is CCOP(=O)(OCC)/C(C#N)=C/c1ccccc1Cl.